The molecule has 0 radical (unpaired) electrons. The van der Waals surface area contributed by atoms with E-state index in [2.05, 4.69) is 15.1 Å². The average Bonchev–Trinajstić information content (AvgIpc) is 3.20. The predicted octanol–water partition coefficient (Wildman–Crippen LogP) is 1.47. The van der Waals surface area contributed by atoms with Gasteiger partial charge in [-0.3, -0.25) is 0 Å². The van der Waals surface area contributed by atoms with Crippen molar-refractivity contribution in [2.24, 2.45) is 12.2 Å². The molecule has 0 unspecified atom stereocenters. The summed E-state index contributed by atoms with van der Waals surface area (Å²) in [6.45, 7) is 0. The molecule has 3 heterocycles. The van der Waals surface area contributed by atoms with Crippen molar-refractivity contribution in [3.05, 3.63) is 55.2 Å². The van der Waals surface area contributed by atoms with E-state index in [9.17, 15) is 8.42 Å². The van der Waals surface area contributed by atoms with Crippen LogP contribution < -0.4 is 5.14 Å². The Hall–Kier alpha value is -3.04. The summed E-state index contributed by atoms with van der Waals surface area (Å²) in [6.07, 6.45) is 6.88. The van der Waals surface area contributed by atoms with E-state index in [4.69, 9.17) is 5.14 Å². The molecule has 4 aromatic rings. The fourth-order valence-electron chi connectivity index (χ4n) is 2.75. The first-order chi connectivity index (χ1) is 11.9. The lowest BCUT2D eigenvalue weighted by Crippen LogP contribution is -2.12. The van der Waals surface area contributed by atoms with Crippen LogP contribution in [0.5, 0.6) is 0 Å². The van der Waals surface area contributed by atoms with Crippen molar-refractivity contribution in [3.8, 4) is 16.9 Å². The molecule has 0 bridgehead atoms. The van der Waals surface area contributed by atoms with Gasteiger partial charge in [-0.15, -0.1) is 0 Å². The lowest BCUT2D eigenvalue weighted by molar-refractivity contribution is 0.597. The molecule has 0 aliphatic heterocycles. The second-order valence-corrected chi connectivity index (χ2v) is 7.15. The predicted molar refractivity (Wildman–Crippen MR) is 92.4 cm³/mol. The van der Waals surface area contributed by atoms with E-state index < -0.39 is 10.0 Å². The van der Waals surface area contributed by atoms with Crippen LogP contribution in [0.4, 0.5) is 0 Å². The summed E-state index contributed by atoms with van der Waals surface area (Å²) < 4.78 is 26.7. The fraction of sp³-hybridized carbons (Fsp3) is 0.0625. The molecule has 1 aromatic carbocycles. The van der Waals surface area contributed by atoms with Crippen LogP contribution in [0.15, 0.2) is 60.1 Å². The summed E-state index contributed by atoms with van der Waals surface area (Å²) in [4.78, 5) is 8.57. The van der Waals surface area contributed by atoms with Crippen molar-refractivity contribution in [1.29, 1.82) is 0 Å². The topological polar surface area (TPSA) is 109 Å². The Morgan fingerprint density at radius 3 is 2.72 bits per heavy atom. The zero-order valence-electron chi connectivity index (χ0n) is 13.2. The summed E-state index contributed by atoms with van der Waals surface area (Å²) in [5.41, 5.74) is 3.06. The standard InChI is InChI=1S/C16H14N6O2S/c1-21-10-18-9-15(21)13-5-6-19-16-14(13)8-20-22(16)11-3-2-4-12(7-11)25(17,23)24/h2-10H,1H3,(H2,17,23,24). The third kappa shape index (κ3) is 2.59. The van der Waals surface area contributed by atoms with E-state index in [1.165, 1.54) is 12.1 Å². The van der Waals surface area contributed by atoms with Gasteiger partial charge in [0.05, 0.1) is 35.0 Å². The maximum atomic E-state index is 11.6. The normalized spacial score (nSPS) is 11.9. The van der Waals surface area contributed by atoms with Crippen LogP contribution in [0, 0.1) is 0 Å². The maximum Gasteiger partial charge on any atom is 0.238 e. The minimum atomic E-state index is -3.79. The summed E-state index contributed by atoms with van der Waals surface area (Å²) in [7, 11) is -1.88. The Morgan fingerprint density at radius 2 is 2.00 bits per heavy atom. The third-order valence-electron chi connectivity index (χ3n) is 3.96. The molecular weight excluding hydrogens is 340 g/mol. The zero-order valence-corrected chi connectivity index (χ0v) is 14.1. The Morgan fingerprint density at radius 1 is 1.16 bits per heavy atom. The highest BCUT2D eigenvalue weighted by molar-refractivity contribution is 7.89. The van der Waals surface area contributed by atoms with Crippen molar-refractivity contribution in [2.45, 2.75) is 4.90 Å². The monoisotopic (exact) mass is 354 g/mol. The first kappa shape index (κ1) is 15.5. The summed E-state index contributed by atoms with van der Waals surface area (Å²) in [5.74, 6) is 0. The number of hydrogen-bond donors (Lipinski definition) is 1. The molecule has 0 amide bonds. The zero-order chi connectivity index (χ0) is 17.6. The number of primary sulfonamides is 1. The maximum absolute atomic E-state index is 11.6. The number of fused-ring (bicyclic) bond motifs is 1. The van der Waals surface area contributed by atoms with Crippen LogP contribution in [-0.2, 0) is 17.1 Å². The highest BCUT2D eigenvalue weighted by atomic mass is 32.2. The van der Waals surface area contributed by atoms with E-state index in [1.54, 1.807) is 41.7 Å². The van der Waals surface area contributed by atoms with E-state index in [0.29, 0.717) is 11.3 Å². The number of imidazole rings is 1. The molecule has 0 saturated carbocycles. The molecule has 4 rings (SSSR count). The van der Waals surface area contributed by atoms with Crippen LogP contribution >= 0.6 is 0 Å². The largest absolute Gasteiger partial charge is 0.334 e. The van der Waals surface area contributed by atoms with Crippen molar-refractivity contribution >= 4 is 21.1 Å². The number of rotatable bonds is 3. The number of sulfonamides is 1. The molecule has 3 aromatic heterocycles. The van der Waals surface area contributed by atoms with Gasteiger partial charge in [0.25, 0.3) is 0 Å². The first-order valence-corrected chi connectivity index (χ1v) is 8.92. The molecule has 0 fully saturated rings. The quantitative estimate of drug-likeness (QED) is 0.599. The van der Waals surface area contributed by atoms with Gasteiger partial charge in [-0.2, -0.15) is 5.10 Å². The molecule has 0 spiro atoms. The van der Waals surface area contributed by atoms with Crippen molar-refractivity contribution < 1.29 is 8.42 Å². The molecule has 9 heteroatoms. The summed E-state index contributed by atoms with van der Waals surface area (Å²) in [5, 5.41) is 10.4. The van der Waals surface area contributed by atoms with Crippen LogP contribution in [0.1, 0.15) is 0 Å². The highest BCUT2D eigenvalue weighted by Crippen LogP contribution is 2.28. The third-order valence-corrected chi connectivity index (χ3v) is 4.87. The molecule has 0 atom stereocenters. The highest BCUT2D eigenvalue weighted by Gasteiger charge is 2.15. The Labute approximate surface area is 143 Å². The second-order valence-electron chi connectivity index (χ2n) is 5.58. The van der Waals surface area contributed by atoms with Crippen LogP contribution in [0.2, 0.25) is 0 Å². The van der Waals surface area contributed by atoms with Gasteiger partial charge in [-0.05, 0) is 24.3 Å². The number of hydrogen-bond acceptors (Lipinski definition) is 5. The van der Waals surface area contributed by atoms with Crippen molar-refractivity contribution in [2.75, 3.05) is 0 Å². The molecule has 8 nitrogen and oxygen atoms in total. The molecule has 126 valence electrons. The Kier molecular flexibility index (Phi) is 3.41. The number of nitrogens with zero attached hydrogens (tertiary/aromatic N) is 5. The molecule has 0 aliphatic rings. The number of pyridine rings is 1. The lowest BCUT2D eigenvalue weighted by Gasteiger charge is -2.06. The first-order valence-electron chi connectivity index (χ1n) is 7.38. The van der Waals surface area contributed by atoms with Gasteiger partial charge < -0.3 is 4.57 Å². The fourth-order valence-corrected chi connectivity index (χ4v) is 3.30. The van der Waals surface area contributed by atoms with E-state index >= 15 is 0 Å². The molecular formula is C16H14N6O2S. The molecule has 2 N–H and O–H groups in total. The van der Waals surface area contributed by atoms with Crippen molar-refractivity contribution in [1.82, 2.24) is 24.3 Å². The number of aromatic nitrogens is 5. The van der Waals surface area contributed by atoms with Gasteiger partial charge in [-0.25, -0.2) is 28.2 Å². The van der Waals surface area contributed by atoms with E-state index in [1.807, 2.05) is 17.7 Å². The molecule has 0 aliphatic carbocycles. The minimum absolute atomic E-state index is 0.0245. The van der Waals surface area contributed by atoms with E-state index in [0.717, 1.165) is 16.6 Å². The number of nitrogens with two attached hydrogens (primary N) is 1. The summed E-state index contributed by atoms with van der Waals surface area (Å²) in [6, 6.07) is 8.18. The number of benzene rings is 1. The number of aryl methyl sites for hydroxylation is 1. The van der Waals surface area contributed by atoms with Gasteiger partial charge in [0.15, 0.2) is 5.65 Å². The second kappa shape index (κ2) is 5.50. The lowest BCUT2D eigenvalue weighted by atomic mass is 10.1. The van der Waals surface area contributed by atoms with Gasteiger partial charge in [0, 0.05) is 24.2 Å². The smallest absolute Gasteiger partial charge is 0.238 e. The van der Waals surface area contributed by atoms with E-state index in [-0.39, 0.29) is 4.90 Å². The Bertz CT molecular complexity index is 1190. The van der Waals surface area contributed by atoms with Crippen LogP contribution in [0.25, 0.3) is 28.0 Å². The average molecular weight is 354 g/mol. The SMILES string of the molecule is Cn1cncc1-c1ccnc2c1cnn2-c1cccc(S(N)(=O)=O)c1. The van der Waals surface area contributed by atoms with Gasteiger partial charge >= 0.3 is 0 Å². The molecule has 0 saturated heterocycles. The van der Waals surface area contributed by atoms with Gasteiger partial charge in [0.1, 0.15) is 0 Å². The molecule has 25 heavy (non-hydrogen) atoms. The van der Waals surface area contributed by atoms with Gasteiger partial charge in [-0.1, -0.05) is 6.07 Å². The van der Waals surface area contributed by atoms with Gasteiger partial charge in [0.2, 0.25) is 10.0 Å². The van der Waals surface area contributed by atoms with Crippen LogP contribution in [-0.4, -0.2) is 32.7 Å². The minimum Gasteiger partial charge on any atom is -0.334 e. The van der Waals surface area contributed by atoms with Crippen LogP contribution in [0.3, 0.4) is 0 Å². The van der Waals surface area contributed by atoms with Crippen molar-refractivity contribution in [3.63, 3.8) is 0 Å². The Balaban J connectivity index is 1.93. The summed E-state index contributed by atoms with van der Waals surface area (Å²) >= 11 is 0.